The van der Waals surface area contributed by atoms with Gasteiger partial charge in [0.15, 0.2) is 0 Å². The first-order chi connectivity index (χ1) is 5.06. The Balaban J connectivity index is 3.76. The van der Waals surface area contributed by atoms with Crippen molar-refractivity contribution in [1.82, 2.24) is 5.01 Å². The van der Waals surface area contributed by atoms with E-state index in [-0.39, 0.29) is 18.3 Å². The maximum atomic E-state index is 10.1. The van der Waals surface area contributed by atoms with Gasteiger partial charge in [0.2, 0.25) is 0 Å². The molecule has 0 fully saturated rings. The molecule has 6 heteroatoms. The Bertz CT molecular complexity index is 151. The van der Waals surface area contributed by atoms with Gasteiger partial charge in [0, 0.05) is 5.25 Å². The first-order valence-electron chi connectivity index (χ1n) is 3.04. The monoisotopic (exact) mass is 178 g/mol. The zero-order valence-corrected chi connectivity index (χ0v) is 6.99. The molecule has 0 spiro atoms. The standard InChI is InChI=1S/C5H10N2O3S/c1-4(11)2-7(6-10)3-5(8)9/h4,11H,2-3H2,1H3,(H,8,9)/t4-/m0/s1. The number of nitrogens with zero attached hydrogens (tertiary/aromatic N) is 2. The lowest BCUT2D eigenvalue weighted by molar-refractivity contribution is -0.138. The minimum atomic E-state index is -1.07. The van der Waals surface area contributed by atoms with Gasteiger partial charge in [-0.3, -0.25) is 4.79 Å². The quantitative estimate of drug-likeness (QED) is 0.362. The van der Waals surface area contributed by atoms with Crippen LogP contribution in [0.5, 0.6) is 0 Å². The fourth-order valence-electron chi connectivity index (χ4n) is 0.588. The zero-order chi connectivity index (χ0) is 8.85. The molecule has 64 valence electrons. The molecule has 0 saturated carbocycles. The average molecular weight is 178 g/mol. The fourth-order valence-corrected chi connectivity index (χ4v) is 0.776. The van der Waals surface area contributed by atoms with Crippen LogP contribution < -0.4 is 0 Å². The van der Waals surface area contributed by atoms with E-state index in [2.05, 4.69) is 17.9 Å². The third-order valence-electron chi connectivity index (χ3n) is 0.908. The van der Waals surface area contributed by atoms with Crippen LogP contribution in [0.15, 0.2) is 5.29 Å². The second-order valence-electron chi connectivity index (χ2n) is 2.17. The van der Waals surface area contributed by atoms with Gasteiger partial charge in [-0.2, -0.15) is 12.6 Å². The summed E-state index contributed by atoms with van der Waals surface area (Å²) in [5.41, 5.74) is 0. The Kier molecular flexibility index (Phi) is 4.60. The average Bonchev–Trinajstić information content (AvgIpc) is 1.84. The van der Waals surface area contributed by atoms with Gasteiger partial charge in [-0.1, -0.05) is 6.92 Å². The molecule has 0 aromatic heterocycles. The molecule has 0 aromatic carbocycles. The van der Waals surface area contributed by atoms with Crippen molar-refractivity contribution in [1.29, 1.82) is 0 Å². The zero-order valence-electron chi connectivity index (χ0n) is 6.10. The van der Waals surface area contributed by atoms with Gasteiger partial charge < -0.3 is 5.11 Å². The van der Waals surface area contributed by atoms with Crippen LogP contribution in [0.1, 0.15) is 6.92 Å². The normalized spacial score (nSPS) is 12.2. The molecular formula is C5H10N2O3S. The summed E-state index contributed by atoms with van der Waals surface area (Å²) in [5.74, 6) is -1.07. The second kappa shape index (κ2) is 4.95. The number of carboxylic acid groups (broad SMARTS) is 1. The lowest BCUT2D eigenvalue weighted by Gasteiger charge is -2.13. The van der Waals surface area contributed by atoms with E-state index in [1.807, 2.05) is 0 Å². The summed E-state index contributed by atoms with van der Waals surface area (Å²) >= 11 is 3.98. The van der Waals surface area contributed by atoms with Crippen LogP contribution in [-0.2, 0) is 4.79 Å². The van der Waals surface area contributed by atoms with Gasteiger partial charge in [0.05, 0.1) is 11.8 Å². The topological polar surface area (TPSA) is 70.0 Å². The van der Waals surface area contributed by atoms with Crippen molar-refractivity contribution in [3.05, 3.63) is 4.91 Å². The SMILES string of the molecule is C[C@H](S)CN(CC(=O)O)N=O. The van der Waals surface area contributed by atoms with Crippen LogP contribution in [0.3, 0.4) is 0 Å². The highest BCUT2D eigenvalue weighted by Gasteiger charge is 2.09. The Morgan fingerprint density at radius 2 is 2.36 bits per heavy atom. The molecule has 5 nitrogen and oxygen atoms in total. The summed E-state index contributed by atoms with van der Waals surface area (Å²) < 4.78 is 0. The van der Waals surface area contributed by atoms with E-state index in [4.69, 9.17) is 5.11 Å². The number of hydrogen-bond acceptors (Lipinski definition) is 4. The summed E-state index contributed by atoms with van der Waals surface area (Å²) in [5, 5.41) is 11.6. The predicted molar refractivity (Wildman–Crippen MR) is 43.5 cm³/mol. The highest BCUT2D eigenvalue weighted by Crippen LogP contribution is 1.97. The van der Waals surface area contributed by atoms with Crippen LogP contribution in [0.4, 0.5) is 0 Å². The van der Waals surface area contributed by atoms with Crippen molar-refractivity contribution in [2.24, 2.45) is 5.29 Å². The number of carboxylic acids is 1. The van der Waals surface area contributed by atoms with Crippen molar-refractivity contribution in [2.75, 3.05) is 13.1 Å². The molecule has 11 heavy (non-hydrogen) atoms. The molecule has 0 amide bonds. The van der Waals surface area contributed by atoms with Crippen molar-refractivity contribution in [2.45, 2.75) is 12.2 Å². The van der Waals surface area contributed by atoms with Crippen LogP contribution in [0.2, 0.25) is 0 Å². The first kappa shape index (κ1) is 10.2. The molecule has 0 unspecified atom stereocenters. The smallest absolute Gasteiger partial charge is 0.325 e. The Morgan fingerprint density at radius 3 is 2.64 bits per heavy atom. The molecular weight excluding hydrogens is 168 g/mol. The van der Waals surface area contributed by atoms with Crippen LogP contribution in [0, 0.1) is 4.91 Å². The molecule has 0 aliphatic rings. The minimum Gasteiger partial charge on any atom is -0.480 e. The summed E-state index contributed by atoms with van der Waals surface area (Å²) in [6, 6.07) is 0. The Morgan fingerprint density at radius 1 is 1.82 bits per heavy atom. The number of thiol groups is 1. The molecule has 1 atom stereocenters. The van der Waals surface area contributed by atoms with Gasteiger partial charge in [0.25, 0.3) is 0 Å². The van der Waals surface area contributed by atoms with E-state index < -0.39 is 5.97 Å². The summed E-state index contributed by atoms with van der Waals surface area (Å²) in [6.45, 7) is 1.64. The summed E-state index contributed by atoms with van der Waals surface area (Å²) in [7, 11) is 0. The molecule has 0 heterocycles. The van der Waals surface area contributed by atoms with Gasteiger partial charge in [-0.15, -0.1) is 4.91 Å². The van der Waals surface area contributed by atoms with E-state index in [9.17, 15) is 9.70 Å². The molecule has 0 aliphatic heterocycles. The summed E-state index contributed by atoms with van der Waals surface area (Å²) in [4.78, 5) is 20.0. The van der Waals surface area contributed by atoms with Crippen molar-refractivity contribution < 1.29 is 9.90 Å². The van der Waals surface area contributed by atoms with E-state index >= 15 is 0 Å². The maximum Gasteiger partial charge on any atom is 0.325 e. The van der Waals surface area contributed by atoms with Gasteiger partial charge in [0.1, 0.15) is 6.54 Å². The minimum absolute atomic E-state index is 0.0629. The highest BCUT2D eigenvalue weighted by atomic mass is 32.1. The first-order valence-corrected chi connectivity index (χ1v) is 3.56. The van der Waals surface area contributed by atoms with Crippen molar-refractivity contribution in [3.8, 4) is 0 Å². The van der Waals surface area contributed by atoms with Crippen LogP contribution in [-0.4, -0.2) is 34.4 Å². The highest BCUT2D eigenvalue weighted by molar-refractivity contribution is 7.80. The third kappa shape index (κ3) is 5.65. The van der Waals surface area contributed by atoms with E-state index in [0.29, 0.717) is 0 Å². The van der Waals surface area contributed by atoms with Gasteiger partial charge in [-0.05, 0) is 0 Å². The number of nitroso groups, excluding NO2 is 1. The predicted octanol–water partition coefficient (Wildman–Crippen LogP) is 0.373. The Labute approximate surface area is 69.7 Å². The lowest BCUT2D eigenvalue weighted by atomic mass is 10.4. The fraction of sp³-hybridized carbons (Fsp3) is 0.800. The van der Waals surface area contributed by atoms with Gasteiger partial charge >= 0.3 is 5.97 Å². The molecule has 0 saturated heterocycles. The molecule has 0 aliphatic carbocycles. The number of hydrogen-bond donors (Lipinski definition) is 2. The largest absolute Gasteiger partial charge is 0.480 e. The summed E-state index contributed by atoms with van der Waals surface area (Å²) in [6.07, 6.45) is 0. The molecule has 0 bridgehead atoms. The number of carbonyl (C=O) groups is 1. The van der Waals surface area contributed by atoms with E-state index in [0.717, 1.165) is 5.01 Å². The maximum absolute atomic E-state index is 10.1. The second-order valence-corrected chi connectivity index (χ2v) is 3.05. The molecule has 0 radical (unpaired) electrons. The van der Waals surface area contributed by atoms with Crippen LogP contribution >= 0.6 is 12.6 Å². The van der Waals surface area contributed by atoms with E-state index in [1.54, 1.807) is 6.92 Å². The number of aliphatic carboxylic acids is 1. The van der Waals surface area contributed by atoms with E-state index in [1.165, 1.54) is 0 Å². The Hall–Kier alpha value is -0.780. The van der Waals surface area contributed by atoms with Crippen molar-refractivity contribution >= 4 is 18.6 Å². The molecule has 0 aromatic rings. The number of rotatable bonds is 5. The van der Waals surface area contributed by atoms with Gasteiger partial charge in [-0.25, -0.2) is 5.01 Å². The molecule has 1 N–H and O–H groups in total. The van der Waals surface area contributed by atoms with Crippen LogP contribution in [0.25, 0.3) is 0 Å². The third-order valence-corrected chi connectivity index (χ3v) is 1.07. The van der Waals surface area contributed by atoms with Crippen molar-refractivity contribution in [3.63, 3.8) is 0 Å². The molecule has 0 rings (SSSR count). The lowest BCUT2D eigenvalue weighted by Crippen LogP contribution is -2.28.